The zero-order valence-corrected chi connectivity index (χ0v) is 11.4. The Balaban J connectivity index is 2.24. The second-order valence-corrected chi connectivity index (χ2v) is 4.23. The molecule has 0 aliphatic carbocycles. The van der Waals surface area contributed by atoms with Crippen LogP contribution in [0.5, 0.6) is 0 Å². The summed E-state index contributed by atoms with van der Waals surface area (Å²) >= 11 is 0. The van der Waals surface area contributed by atoms with Crippen molar-refractivity contribution in [2.24, 2.45) is 5.73 Å². The summed E-state index contributed by atoms with van der Waals surface area (Å²) in [5.41, 5.74) is 6.61. The molecule has 0 amide bonds. The average molecular weight is 296 g/mol. The first kappa shape index (κ1) is 15.1. The van der Waals surface area contributed by atoms with Gasteiger partial charge in [-0.15, -0.1) is 0 Å². The van der Waals surface area contributed by atoms with Crippen LogP contribution >= 0.6 is 0 Å². The monoisotopic (exact) mass is 296 g/mol. The first-order valence-corrected chi connectivity index (χ1v) is 6.35. The van der Waals surface area contributed by atoms with Crippen molar-refractivity contribution in [2.45, 2.75) is 19.7 Å². The topological polar surface area (TPSA) is 117 Å². The van der Waals surface area contributed by atoms with Gasteiger partial charge in [-0.3, -0.25) is 9.36 Å². The van der Waals surface area contributed by atoms with Crippen LogP contribution in [-0.4, -0.2) is 40.9 Å². The van der Waals surface area contributed by atoms with Crippen LogP contribution in [0.3, 0.4) is 0 Å². The number of hydrogen-bond donors (Lipinski definition) is 2. The van der Waals surface area contributed by atoms with E-state index in [0.29, 0.717) is 11.1 Å². The molecule has 3 N–H and O–H groups in total. The molecule has 114 valence electrons. The predicted molar refractivity (Wildman–Crippen MR) is 71.3 cm³/mol. The van der Waals surface area contributed by atoms with Crippen LogP contribution in [0.15, 0.2) is 22.8 Å². The van der Waals surface area contributed by atoms with Crippen LogP contribution in [0, 0.1) is 0 Å². The molecule has 0 fully saturated rings. The molecule has 0 unspecified atom stereocenters. The number of aliphatic hydroxyl groups is 1. The maximum atomic E-state index is 11.9. The molecule has 2 aromatic rings. The van der Waals surface area contributed by atoms with Gasteiger partial charge in [-0.05, 0) is 6.92 Å². The lowest BCUT2D eigenvalue weighted by Gasteiger charge is -2.12. The number of furan rings is 1. The molecular formula is C13H16N2O6. The van der Waals surface area contributed by atoms with Crippen LogP contribution in [0.25, 0.3) is 11.1 Å². The quantitative estimate of drug-likeness (QED) is 0.733. The van der Waals surface area contributed by atoms with Gasteiger partial charge >= 0.3 is 11.9 Å². The van der Waals surface area contributed by atoms with Crippen molar-refractivity contribution in [3.8, 4) is 0 Å². The number of hydrogen-bond acceptors (Lipinski definition) is 7. The van der Waals surface area contributed by atoms with Crippen molar-refractivity contribution in [3.63, 3.8) is 0 Å². The minimum absolute atomic E-state index is 0.205. The highest BCUT2D eigenvalue weighted by Crippen LogP contribution is 2.22. The first-order valence-electron chi connectivity index (χ1n) is 6.35. The summed E-state index contributed by atoms with van der Waals surface area (Å²) in [5.74, 6) is -1.32. The summed E-state index contributed by atoms with van der Waals surface area (Å²) in [4.78, 5) is 23.4. The van der Waals surface area contributed by atoms with Gasteiger partial charge < -0.3 is 24.7 Å². The van der Waals surface area contributed by atoms with E-state index in [9.17, 15) is 9.59 Å². The summed E-state index contributed by atoms with van der Waals surface area (Å²) < 4.78 is 16.6. The highest BCUT2D eigenvalue weighted by atomic mass is 16.5. The minimum Gasteiger partial charge on any atom is -0.463 e. The van der Waals surface area contributed by atoms with E-state index < -0.39 is 24.6 Å². The predicted octanol–water partition coefficient (Wildman–Crippen LogP) is 0.231. The molecule has 21 heavy (non-hydrogen) atoms. The Morgan fingerprint density at radius 3 is 2.90 bits per heavy atom. The van der Waals surface area contributed by atoms with E-state index in [4.69, 9.17) is 24.7 Å². The maximum Gasteiger partial charge on any atom is 0.355 e. The van der Waals surface area contributed by atoms with Gasteiger partial charge in [0.15, 0.2) is 12.3 Å². The third kappa shape index (κ3) is 3.06. The summed E-state index contributed by atoms with van der Waals surface area (Å²) in [6.07, 6.45) is 1.46. The van der Waals surface area contributed by atoms with E-state index in [-0.39, 0.29) is 19.0 Å². The number of ether oxygens (including phenoxy) is 2. The Morgan fingerprint density at radius 2 is 2.24 bits per heavy atom. The average Bonchev–Trinajstić information content (AvgIpc) is 3.05. The lowest BCUT2D eigenvalue weighted by atomic mass is 10.3. The standard InChI is InChI=1S/C13H16N2O6/c1-2-19-13(18)10-5-11-9(3-4-20-11)15(10)7-21-12(17)8(14)6-16/h3-5,8,16H,2,6-7,14H2,1H3/t8-/m0/s1. The van der Waals surface area contributed by atoms with Gasteiger partial charge in [0.05, 0.1) is 25.0 Å². The number of rotatable bonds is 6. The molecule has 0 aliphatic rings. The number of esters is 2. The third-order valence-corrected chi connectivity index (χ3v) is 2.84. The lowest BCUT2D eigenvalue weighted by Crippen LogP contribution is -2.36. The molecule has 0 aromatic carbocycles. The molecule has 8 nitrogen and oxygen atoms in total. The van der Waals surface area contributed by atoms with Crippen molar-refractivity contribution in [1.82, 2.24) is 4.57 Å². The molecule has 0 saturated heterocycles. The van der Waals surface area contributed by atoms with Crippen molar-refractivity contribution in [3.05, 3.63) is 24.1 Å². The van der Waals surface area contributed by atoms with Crippen LogP contribution in [-0.2, 0) is 21.0 Å². The van der Waals surface area contributed by atoms with E-state index in [2.05, 4.69) is 0 Å². The Morgan fingerprint density at radius 1 is 1.48 bits per heavy atom. The number of carbonyl (C=O) groups is 2. The highest BCUT2D eigenvalue weighted by Gasteiger charge is 2.20. The molecule has 0 aliphatic heterocycles. The second kappa shape index (κ2) is 6.42. The number of fused-ring (bicyclic) bond motifs is 1. The van der Waals surface area contributed by atoms with E-state index in [1.807, 2.05) is 0 Å². The Bertz CT molecular complexity index is 644. The molecule has 0 spiro atoms. The van der Waals surface area contributed by atoms with Gasteiger partial charge in [0.2, 0.25) is 0 Å². The zero-order chi connectivity index (χ0) is 15.4. The van der Waals surface area contributed by atoms with Gasteiger partial charge in [0.1, 0.15) is 11.7 Å². The molecule has 1 atom stereocenters. The van der Waals surface area contributed by atoms with E-state index in [0.717, 1.165) is 0 Å². The SMILES string of the molecule is CCOC(=O)c1cc2occc2n1COC(=O)[C@@H](N)CO. The smallest absolute Gasteiger partial charge is 0.355 e. The summed E-state index contributed by atoms with van der Waals surface area (Å²) in [7, 11) is 0. The number of nitrogens with two attached hydrogens (primary N) is 1. The van der Waals surface area contributed by atoms with Gasteiger partial charge in [0, 0.05) is 12.1 Å². The van der Waals surface area contributed by atoms with Crippen molar-refractivity contribution in [1.29, 1.82) is 0 Å². The molecular weight excluding hydrogens is 280 g/mol. The maximum absolute atomic E-state index is 11.9. The second-order valence-electron chi connectivity index (χ2n) is 4.23. The van der Waals surface area contributed by atoms with Gasteiger partial charge in [0.25, 0.3) is 0 Å². The number of nitrogens with zero attached hydrogens (tertiary/aromatic N) is 1. The van der Waals surface area contributed by atoms with Gasteiger partial charge in [-0.1, -0.05) is 0 Å². The molecule has 2 aromatic heterocycles. The molecule has 0 bridgehead atoms. The largest absolute Gasteiger partial charge is 0.463 e. The molecule has 0 saturated carbocycles. The fourth-order valence-corrected chi connectivity index (χ4v) is 1.80. The lowest BCUT2D eigenvalue weighted by molar-refractivity contribution is -0.149. The van der Waals surface area contributed by atoms with Crippen molar-refractivity contribution < 1.29 is 28.6 Å². The Hall–Kier alpha value is -2.32. The van der Waals surface area contributed by atoms with Crippen LogP contribution in [0.1, 0.15) is 17.4 Å². The molecule has 0 radical (unpaired) electrons. The van der Waals surface area contributed by atoms with E-state index in [1.165, 1.54) is 16.9 Å². The number of aromatic nitrogens is 1. The van der Waals surface area contributed by atoms with Crippen molar-refractivity contribution in [2.75, 3.05) is 13.2 Å². The third-order valence-electron chi connectivity index (χ3n) is 2.84. The Labute approximate surface area is 120 Å². The van der Waals surface area contributed by atoms with Crippen LogP contribution in [0.4, 0.5) is 0 Å². The minimum atomic E-state index is -1.12. The normalized spacial score (nSPS) is 12.3. The van der Waals surface area contributed by atoms with Crippen LogP contribution < -0.4 is 5.73 Å². The summed E-state index contributed by atoms with van der Waals surface area (Å²) in [5, 5.41) is 8.79. The zero-order valence-electron chi connectivity index (χ0n) is 11.4. The number of aliphatic hydroxyl groups excluding tert-OH is 1. The molecule has 2 heterocycles. The molecule has 8 heteroatoms. The first-order chi connectivity index (χ1) is 10.1. The van der Waals surface area contributed by atoms with Crippen molar-refractivity contribution >= 4 is 23.0 Å². The number of carbonyl (C=O) groups excluding carboxylic acids is 2. The molecule has 2 rings (SSSR count). The van der Waals surface area contributed by atoms with E-state index in [1.54, 1.807) is 13.0 Å². The fraction of sp³-hybridized carbons (Fsp3) is 0.385. The van der Waals surface area contributed by atoms with Crippen LogP contribution in [0.2, 0.25) is 0 Å². The van der Waals surface area contributed by atoms with E-state index >= 15 is 0 Å². The fourth-order valence-electron chi connectivity index (χ4n) is 1.80. The van der Waals surface area contributed by atoms with Gasteiger partial charge in [-0.2, -0.15) is 0 Å². The summed E-state index contributed by atoms with van der Waals surface area (Å²) in [6, 6.07) is 2.02. The van der Waals surface area contributed by atoms with Gasteiger partial charge in [-0.25, -0.2) is 4.79 Å². The summed E-state index contributed by atoms with van der Waals surface area (Å²) in [6.45, 7) is 1.16. The Kier molecular flexibility index (Phi) is 4.61. The highest BCUT2D eigenvalue weighted by molar-refractivity contribution is 5.94.